The van der Waals surface area contributed by atoms with Crippen molar-refractivity contribution < 1.29 is 13.9 Å². The van der Waals surface area contributed by atoms with E-state index in [2.05, 4.69) is 12.1 Å². The summed E-state index contributed by atoms with van der Waals surface area (Å²) >= 11 is 1.55. The molecule has 2 heterocycles. The van der Waals surface area contributed by atoms with Crippen molar-refractivity contribution in [1.29, 1.82) is 0 Å². The van der Waals surface area contributed by atoms with E-state index < -0.39 is 0 Å². The van der Waals surface area contributed by atoms with Gasteiger partial charge in [0.2, 0.25) is 5.91 Å². The number of benzene rings is 2. The minimum absolute atomic E-state index is 0.0187. The van der Waals surface area contributed by atoms with E-state index in [4.69, 9.17) is 9.72 Å². The first-order valence-electron chi connectivity index (χ1n) is 9.62. The average molecular weight is 411 g/mol. The summed E-state index contributed by atoms with van der Waals surface area (Å²) in [6.07, 6.45) is 0.561. The van der Waals surface area contributed by atoms with Gasteiger partial charge in [-0.15, -0.1) is 11.3 Å². The van der Waals surface area contributed by atoms with Crippen molar-refractivity contribution >= 4 is 17.2 Å². The van der Waals surface area contributed by atoms with Gasteiger partial charge in [0.25, 0.3) is 0 Å². The van der Waals surface area contributed by atoms with Crippen molar-refractivity contribution in [2.45, 2.75) is 32.9 Å². The van der Waals surface area contributed by atoms with Gasteiger partial charge in [0.1, 0.15) is 16.6 Å². The van der Waals surface area contributed by atoms with Crippen LogP contribution in [0.25, 0.3) is 10.6 Å². The maximum atomic E-state index is 14.7. The summed E-state index contributed by atoms with van der Waals surface area (Å²) in [6.45, 7) is 4.30. The highest BCUT2D eigenvalue weighted by molar-refractivity contribution is 7.13. The van der Waals surface area contributed by atoms with Crippen LogP contribution in [0.15, 0.2) is 47.8 Å². The number of thiazole rings is 1. The van der Waals surface area contributed by atoms with Crippen LogP contribution in [0.4, 0.5) is 4.39 Å². The van der Waals surface area contributed by atoms with Crippen molar-refractivity contribution in [3.63, 3.8) is 0 Å². The molecule has 6 heteroatoms. The molecule has 1 fully saturated rings. The molecule has 0 aliphatic carbocycles. The van der Waals surface area contributed by atoms with Crippen LogP contribution in [-0.4, -0.2) is 22.9 Å². The molecular formula is C23H23FN2O2S. The SMILES string of the molecule is COc1cccc(F)c1C1CC(C)C(=O)N1Cc1csc(-c2ccc(C)cc2)n1. The summed E-state index contributed by atoms with van der Waals surface area (Å²) in [7, 11) is 1.52. The molecule has 2 atom stereocenters. The molecular weight excluding hydrogens is 387 g/mol. The standard InChI is InChI=1S/C23H23FN2O2S/c1-14-7-9-16(10-8-14)22-25-17(13-29-22)12-26-19(11-15(2)23(26)27)21-18(24)5-4-6-20(21)28-3/h4-10,13,15,19H,11-12H2,1-3H3. The number of amides is 1. The van der Waals surface area contributed by atoms with Crippen molar-refractivity contribution in [2.75, 3.05) is 7.11 Å². The Balaban J connectivity index is 1.63. The predicted molar refractivity (Wildman–Crippen MR) is 112 cm³/mol. The van der Waals surface area contributed by atoms with E-state index in [-0.39, 0.29) is 23.7 Å². The first-order chi connectivity index (χ1) is 14.0. The molecule has 3 aromatic rings. The highest BCUT2D eigenvalue weighted by Gasteiger charge is 2.40. The Bertz CT molecular complexity index is 1030. The van der Waals surface area contributed by atoms with E-state index in [1.807, 2.05) is 31.4 Å². The maximum absolute atomic E-state index is 14.7. The Morgan fingerprint density at radius 3 is 2.72 bits per heavy atom. The second kappa shape index (κ2) is 7.95. The smallest absolute Gasteiger partial charge is 0.226 e. The lowest BCUT2D eigenvalue weighted by Gasteiger charge is -2.26. The number of carbonyl (C=O) groups excluding carboxylic acids is 1. The molecule has 0 radical (unpaired) electrons. The number of aryl methyl sites for hydroxylation is 1. The minimum Gasteiger partial charge on any atom is -0.496 e. The van der Waals surface area contributed by atoms with Crippen LogP contribution < -0.4 is 4.74 Å². The van der Waals surface area contributed by atoms with Crippen LogP contribution in [0, 0.1) is 18.7 Å². The van der Waals surface area contributed by atoms with Gasteiger partial charge in [0.15, 0.2) is 0 Å². The maximum Gasteiger partial charge on any atom is 0.226 e. The number of hydrogen-bond acceptors (Lipinski definition) is 4. The van der Waals surface area contributed by atoms with Crippen molar-refractivity contribution in [3.05, 3.63) is 70.5 Å². The van der Waals surface area contributed by atoms with Gasteiger partial charge in [-0.2, -0.15) is 0 Å². The van der Waals surface area contributed by atoms with Crippen LogP contribution >= 0.6 is 11.3 Å². The van der Waals surface area contributed by atoms with Crippen LogP contribution in [0.2, 0.25) is 0 Å². The minimum atomic E-state index is -0.363. The quantitative estimate of drug-likeness (QED) is 0.567. The highest BCUT2D eigenvalue weighted by Crippen LogP contribution is 2.42. The molecule has 4 rings (SSSR count). The number of likely N-dealkylation sites (tertiary alicyclic amines) is 1. The Morgan fingerprint density at radius 2 is 2.00 bits per heavy atom. The fourth-order valence-electron chi connectivity index (χ4n) is 3.86. The molecule has 1 aliphatic rings. The molecule has 1 aromatic heterocycles. The molecule has 0 N–H and O–H groups in total. The first kappa shape index (κ1) is 19.6. The zero-order valence-electron chi connectivity index (χ0n) is 16.7. The van der Waals surface area contributed by atoms with E-state index in [9.17, 15) is 9.18 Å². The van der Waals surface area contributed by atoms with Crippen LogP contribution in [0.1, 0.15) is 36.2 Å². The summed E-state index contributed by atoms with van der Waals surface area (Å²) in [5, 5.41) is 2.89. The predicted octanol–water partition coefficient (Wildman–Crippen LogP) is 5.38. The van der Waals surface area contributed by atoms with Crippen LogP contribution in [0.5, 0.6) is 5.75 Å². The van der Waals surface area contributed by atoms with Gasteiger partial charge >= 0.3 is 0 Å². The number of halogens is 1. The number of aromatic nitrogens is 1. The molecule has 0 saturated carbocycles. The lowest BCUT2D eigenvalue weighted by atomic mass is 9.99. The zero-order chi connectivity index (χ0) is 20.5. The monoisotopic (exact) mass is 410 g/mol. The van der Waals surface area contributed by atoms with E-state index in [1.54, 1.807) is 28.4 Å². The summed E-state index contributed by atoms with van der Waals surface area (Å²) in [5.74, 6) is -0.0231. The zero-order valence-corrected chi connectivity index (χ0v) is 17.5. The lowest BCUT2D eigenvalue weighted by Crippen LogP contribution is -2.29. The molecule has 4 nitrogen and oxygen atoms in total. The number of rotatable bonds is 5. The molecule has 1 saturated heterocycles. The molecule has 1 amide bonds. The molecule has 29 heavy (non-hydrogen) atoms. The number of methoxy groups -OCH3 is 1. The van der Waals surface area contributed by atoms with Gasteiger partial charge in [-0.05, 0) is 25.5 Å². The van der Waals surface area contributed by atoms with E-state index in [0.29, 0.717) is 24.3 Å². The van der Waals surface area contributed by atoms with Gasteiger partial charge in [0, 0.05) is 16.9 Å². The Kier molecular flexibility index (Phi) is 5.37. The largest absolute Gasteiger partial charge is 0.496 e. The number of ether oxygens (including phenoxy) is 1. The highest BCUT2D eigenvalue weighted by atomic mass is 32.1. The summed E-state index contributed by atoms with van der Waals surface area (Å²) in [5.41, 5.74) is 3.51. The third-order valence-corrected chi connectivity index (χ3v) is 6.35. The fourth-order valence-corrected chi connectivity index (χ4v) is 4.68. The van der Waals surface area contributed by atoms with E-state index >= 15 is 0 Å². The summed E-state index contributed by atoms with van der Waals surface area (Å²) < 4.78 is 20.1. The second-order valence-corrected chi connectivity index (χ2v) is 8.34. The lowest BCUT2D eigenvalue weighted by molar-refractivity contribution is -0.132. The molecule has 150 valence electrons. The summed E-state index contributed by atoms with van der Waals surface area (Å²) in [4.78, 5) is 19.3. The Hall–Kier alpha value is -2.73. The van der Waals surface area contributed by atoms with Crippen molar-refractivity contribution in [1.82, 2.24) is 9.88 Å². The molecule has 0 bridgehead atoms. The third-order valence-electron chi connectivity index (χ3n) is 5.41. The van der Waals surface area contributed by atoms with Gasteiger partial charge in [0.05, 0.1) is 31.0 Å². The Labute approximate surface area is 174 Å². The van der Waals surface area contributed by atoms with Gasteiger partial charge in [-0.1, -0.05) is 42.8 Å². The third kappa shape index (κ3) is 3.77. The summed E-state index contributed by atoms with van der Waals surface area (Å²) in [6, 6.07) is 12.6. The molecule has 1 aliphatic heterocycles. The topological polar surface area (TPSA) is 42.4 Å². The molecule has 2 unspecified atom stereocenters. The second-order valence-electron chi connectivity index (χ2n) is 7.48. The van der Waals surface area contributed by atoms with Gasteiger partial charge in [-0.25, -0.2) is 9.37 Å². The van der Waals surface area contributed by atoms with Crippen LogP contribution in [0.3, 0.4) is 0 Å². The first-order valence-corrected chi connectivity index (χ1v) is 10.5. The van der Waals surface area contributed by atoms with E-state index in [0.717, 1.165) is 16.3 Å². The average Bonchev–Trinajstić information content (AvgIpc) is 3.29. The number of carbonyl (C=O) groups is 1. The van der Waals surface area contributed by atoms with Gasteiger partial charge in [-0.3, -0.25) is 4.79 Å². The van der Waals surface area contributed by atoms with Crippen molar-refractivity contribution in [2.24, 2.45) is 5.92 Å². The van der Waals surface area contributed by atoms with Crippen LogP contribution in [-0.2, 0) is 11.3 Å². The molecule has 0 spiro atoms. The van der Waals surface area contributed by atoms with Gasteiger partial charge < -0.3 is 9.64 Å². The Morgan fingerprint density at radius 1 is 1.24 bits per heavy atom. The normalized spacial score (nSPS) is 19.0. The van der Waals surface area contributed by atoms with E-state index in [1.165, 1.54) is 18.7 Å². The molecule has 2 aromatic carbocycles. The number of nitrogens with zero attached hydrogens (tertiary/aromatic N) is 2. The number of hydrogen-bond donors (Lipinski definition) is 0. The fraction of sp³-hybridized carbons (Fsp3) is 0.304. The van der Waals surface area contributed by atoms with Crippen molar-refractivity contribution in [3.8, 4) is 16.3 Å².